The van der Waals surface area contributed by atoms with E-state index >= 15 is 0 Å². The van der Waals surface area contributed by atoms with Gasteiger partial charge in [0.15, 0.2) is 5.69 Å². The number of aromatic nitrogens is 4. The van der Waals surface area contributed by atoms with Crippen molar-refractivity contribution in [2.45, 2.75) is 27.4 Å². The third kappa shape index (κ3) is 2.53. The lowest BCUT2D eigenvalue weighted by molar-refractivity contribution is 0.276. The van der Waals surface area contributed by atoms with Crippen molar-refractivity contribution in [3.05, 3.63) is 57.2 Å². The lowest BCUT2D eigenvalue weighted by Gasteiger charge is -2.03. The van der Waals surface area contributed by atoms with Crippen LogP contribution in [0.1, 0.15) is 22.8 Å². The second-order valence-electron chi connectivity index (χ2n) is 6.13. The van der Waals surface area contributed by atoms with Crippen LogP contribution in [0.2, 0.25) is 10.0 Å². The minimum absolute atomic E-state index is 0.125. The molecular weight excluding hydrogens is 375 g/mol. The van der Waals surface area contributed by atoms with Gasteiger partial charge in [-0.05, 0) is 45.0 Å². The molecule has 0 amide bonds. The molecule has 0 saturated heterocycles. The molecule has 0 aliphatic carbocycles. The van der Waals surface area contributed by atoms with Crippen LogP contribution in [0, 0.1) is 20.8 Å². The first kappa shape index (κ1) is 17.1. The van der Waals surface area contributed by atoms with E-state index in [0.717, 1.165) is 28.3 Å². The number of hydrogen-bond acceptors (Lipinski definition) is 4. The second-order valence-corrected chi connectivity index (χ2v) is 6.97. The summed E-state index contributed by atoms with van der Waals surface area (Å²) in [4.78, 5) is 0. The van der Waals surface area contributed by atoms with Crippen LogP contribution < -0.4 is 0 Å². The minimum Gasteiger partial charge on any atom is -0.439 e. The molecule has 8 heteroatoms. The molecule has 3 aromatic heterocycles. The summed E-state index contributed by atoms with van der Waals surface area (Å²) in [5, 5.41) is 19.5. The summed E-state index contributed by atoms with van der Waals surface area (Å²) >= 11 is 12.4. The molecule has 134 valence electrons. The van der Waals surface area contributed by atoms with Gasteiger partial charge >= 0.3 is 0 Å². The molecule has 26 heavy (non-hydrogen) atoms. The molecule has 0 unspecified atom stereocenters. The zero-order valence-corrected chi connectivity index (χ0v) is 15.9. The van der Waals surface area contributed by atoms with Crippen LogP contribution in [-0.4, -0.2) is 24.5 Å². The third-order valence-electron chi connectivity index (χ3n) is 4.28. The highest BCUT2D eigenvalue weighted by atomic mass is 35.5. The molecule has 0 aliphatic rings. The van der Waals surface area contributed by atoms with Gasteiger partial charge in [-0.3, -0.25) is 0 Å². The Morgan fingerprint density at radius 1 is 1.12 bits per heavy atom. The molecular formula is C18H16Cl2N4O2. The van der Waals surface area contributed by atoms with E-state index in [2.05, 4.69) is 10.2 Å². The Bertz CT molecular complexity index is 1140. The van der Waals surface area contributed by atoms with E-state index in [4.69, 9.17) is 27.6 Å². The second kappa shape index (κ2) is 6.16. The predicted molar refractivity (Wildman–Crippen MR) is 100 cm³/mol. The first-order valence-corrected chi connectivity index (χ1v) is 8.77. The van der Waals surface area contributed by atoms with E-state index in [1.54, 1.807) is 21.3 Å². The quantitative estimate of drug-likeness (QED) is 0.558. The zero-order valence-electron chi connectivity index (χ0n) is 14.4. The number of benzene rings is 1. The van der Waals surface area contributed by atoms with Gasteiger partial charge in [0.1, 0.15) is 11.5 Å². The van der Waals surface area contributed by atoms with Crippen LogP contribution in [0.5, 0.6) is 0 Å². The van der Waals surface area contributed by atoms with E-state index in [1.807, 2.05) is 32.9 Å². The monoisotopic (exact) mass is 390 g/mol. The van der Waals surface area contributed by atoms with Crippen molar-refractivity contribution in [2.24, 2.45) is 0 Å². The molecule has 0 spiro atoms. The van der Waals surface area contributed by atoms with Crippen molar-refractivity contribution in [3.8, 4) is 16.9 Å². The maximum absolute atomic E-state index is 9.36. The number of nitrogens with zero attached hydrogens (tertiary/aromatic N) is 4. The van der Waals surface area contributed by atoms with Gasteiger partial charge in [-0.15, -0.1) is 0 Å². The number of aliphatic hydroxyl groups excluding tert-OH is 1. The lowest BCUT2D eigenvalue weighted by Crippen LogP contribution is -2.00. The first-order valence-electron chi connectivity index (χ1n) is 8.01. The Morgan fingerprint density at radius 2 is 1.88 bits per heavy atom. The van der Waals surface area contributed by atoms with Crippen LogP contribution in [0.4, 0.5) is 0 Å². The Balaban J connectivity index is 1.99. The first-order chi connectivity index (χ1) is 12.4. The topological polar surface area (TPSA) is 68.5 Å². The predicted octanol–water partition coefficient (Wildman–Crippen LogP) is 4.50. The lowest BCUT2D eigenvalue weighted by atomic mass is 10.1. The van der Waals surface area contributed by atoms with E-state index in [0.29, 0.717) is 27.2 Å². The highest BCUT2D eigenvalue weighted by molar-refractivity contribution is 6.36. The van der Waals surface area contributed by atoms with Crippen molar-refractivity contribution in [1.82, 2.24) is 19.4 Å². The summed E-state index contributed by atoms with van der Waals surface area (Å²) in [5.41, 5.74) is 5.08. The number of fused-ring (bicyclic) bond motifs is 1. The Labute approximate surface area is 159 Å². The molecule has 1 N–H and O–H groups in total. The summed E-state index contributed by atoms with van der Waals surface area (Å²) in [6.45, 7) is 5.55. The van der Waals surface area contributed by atoms with Crippen LogP contribution in [-0.2, 0) is 6.61 Å². The number of hydrogen-bond donors (Lipinski definition) is 1. The van der Waals surface area contributed by atoms with Crippen LogP contribution in [0.15, 0.2) is 28.7 Å². The van der Waals surface area contributed by atoms with E-state index in [1.165, 1.54) is 0 Å². The molecule has 6 nitrogen and oxygen atoms in total. The number of oxazole rings is 1. The number of aliphatic hydroxyl groups is 1. The van der Waals surface area contributed by atoms with Gasteiger partial charge in [0.25, 0.3) is 0 Å². The molecule has 0 fully saturated rings. The smallest absolute Gasteiger partial charge is 0.249 e. The molecule has 1 aromatic carbocycles. The van der Waals surface area contributed by atoms with Gasteiger partial charge in [-0.2, -0.15) is 14.7 Å². The molecule has 3 heterocycles. The van der Waals surface area contributed by atoms with Crippen LogP contribution in [0.25, 0.3) is 22.7 Å². The highest BCUT2D eigenvalue weighted by Gasteiger charge is 2.24. The van der Waals surface area contributed by atoms with Gasteiger partial charge in [0.2, 0.25) is 5.71 Å². The van der Waals surface area contributed by atoms with Gasteiger partial charge in [-0.25, -0.2) is 4.68 Å². The van der Waals surface area contributed by atoms with Gasteiger partial charge in [0, 0.05) is 16.3 Å². The van der Waals surface area contributed by atoms with Gasteiger partial charge in [-0.1, -0.05) is 23.2 Å². The average Bonchev–Trinajstić information content (AvgIpc) is 3.19. The highest BCUT2D eigenvalue weighted by Crippen LogP contribution is 2.36. The third-order valence-corrected chi connectivity index (χ3v) is 4.83. The summed E-state index contributed by atoms with van der Waals surface area (Å²) < 4.78 is 9.50. The maximum Gasteiger partial charge on any atom is 0.249 e. The minimum atomic E-state index is -0.125. The average molecular weight is 391 g/mol. The fraction of sp³-hybridized carbons (Fsp3) is 0.222. The van der Waals surface area contributed by atoms with Gasteiger partial charge < -0.3 is 9.52 Å². The summed E-state index contributed by atoms with van der Waals surface area (Å²) in [6.07, 6.45) is 0. The van der Waals surface area contributed by atoms with E-state index in [9.17, 15) is 5.11 Å². The number of aryl methyl sites for hydroxylation is 3. The molecule has 0 saturated carbocycles. The molecule has 0 bridgehead atoms. The summed E-state index contributed by atoms with van der Waals surface area (Å²) in [7, 11) is 0. The SMILES string of the molecule is Cc1nn2c(-c3ccc(Cl)cc3Cl)c(C)oc2c1-n1nc(CO)cc1C. The van der Waals surface area contributed by atoms with Crippen molar-refractivity contribution >= 4 is 28.9 Å². The largest absolute Gasteiger partial charge is 0.439 e. The normalized spacial score (nSPS) is 11.6. The number of rotatable bonds is 3. The Hall–Kier alpha value is -2.28. The molecule has 0 aliphatic heterocycles. The van der Waals surface area contributed by atoms with Crippen molar-refractivity contribution in [2.75, 3.05) is 0 Å². The summed E-state index contributed by atoms with van der Waals surface area (Å²) in [5.74, 6) is 0.685. The number of halogens is 2. The van der Waals surface area contributed by atoms with Crippen molar-refractivity contribution in [3.63, 3.8) is 0 Å². The maximum atomic E-state index is 9.36. The van der Waals surface area contributed by atoms with Crippen molar-refractivity contribution in [1.29, 1.82) is 0 Å². The fourth-order valence-electron chi connectivity index (χ4n) is 3.15. The summed E-state index contributed by atoms with van der Waals surface area (Å²) in [6, 6.07) is 7.15. The Kier molecular flexibility index (Phi) is 4.06. The fourth-order valence-corrected chi connectivity index (χ4v) is 3.65. The standard InChI is InChI=1S/C18H16Cl2N4O2/c1-9-6-13(8-25)22-23(9)16-10(2)21-24-17(11(3)26-18(16)24)14-5-4-12(19)7-15(14)20/h4-7,25H,8H2,1-3H3. The van der Waals surface area contributed by atoms with Crippen molar-refractivity contribution < 1.29 is 9.52 Å². The van der Waals surface area contributed by atoms with E-state index in [-0.39, 0.29) is 6.61 Å². The molecule has 4 aromatic rings. The van der Waals surface area contributed by atoms with Gasteiger partial charge in [0.05, 0.1) is 23.0 Å². The molecule has 4 rings (SSSR count). The Morgan fingerprint density at radius 3 is 2.54 bits per heavy atom. The molecule has 0 radical (unpaired) electrons. The molecule has 0 atom stereocenters. The van der Waals surface area contributed by atoms with E-state index < -0.39 is 0 Å². The van der Waals surface area contributed by atoms with Crippen LogP contribution in [0.3, 0.4) is 0 Å². The van der Waals surface area contributed by atoms with Crippen LogP contribution >= 0.6 is 23.2 Å². The zero-order chi connectivity index (χ0) is 18.6.